The van der Waals surface area contributed by atoms with Crippen molar-refractivity contribution in [1.29, 1.82) is 0 Å². The van der Waals surface area contributed by atoms with Gasteiger partial charge in [0.05, 0.1) is 4.92 Å². The average Bonchev–Trinajstić information content (AvgIpc) is 2.81. The number of hydrogen-bond donors (Lipinski definition) is 1. The molecule has 0 saturated carbocycles. The van der Waals surface area contributed by atoms with Gasteiger partial charge in [0.25, 0.3) is 5.69 Å². The van der Waals surface area contributed by atoms with Crippen LogP contribution in [0.4, 0.5) is 11.5 Å². The van der Waals surface area contributed by atoms with Crippen LogP contribution in [0.15, 0.2) is 12.3 Å². The summed E-state index contributed by atoms with van der Waals surface area (Å²) in [6.45, 7) is 4.24. The van der Waals surface area contributed by atoms with Crippen LogP contribution in [0.2, 0.25) is 0 Å². The SMILES string of the molecule is Cc1cc(NCCC2CCOC2)ncc1[N+](=O)[O-]. The molecule has 1 atom stereocenters. The van der Waals surface area contributed by atoms with Gasteiger partial charge >= 0.3 is 0 Å². The topological polar surface area (TPSA) is 77.3 Å². The first kappa shape index (κ1) is 12.8. The third-order valence-electron chi connectivity index (χ3n) is 3.16. The predicted octanol–water partition coefficient (Wildman–Crippen LogP) is 2.14. The van der Waals surface area contributed by atoms with Gasteiger partial charge in [-0.1, -0.05) is 0 Å². The number of aromatic nitrogens is 1. The Labute approximate surface area is 106 Å². The molecule has 98 valence electrons. The van der Waals surface area contributed by atoms with Crippen molar-refractivity contribution in [3.63, 3.8) is 0 Å². The van der Waals surface area contributed by atoms with Crippen molar-refractivity contribution in [2.24, 2.45) is 5.92 Å². The highest BCUT2D eigenvalue weighted by Gasteiger charge is 2.15. The molecular formula is C12H17N3O3. The number of aryl methyl sites for hydroxylation is 1. The number of nitrogens with one attached hydrogen (secondary N) is 1. The molecule has 2 rings (SSSR count). The minimum atomic E-state index is -0.415. The average molecular weight is 251 g/mol. The van der Waals surface area contributed by atoms with Gasteiger partial charge in [-0.3, -0.25) is 10.1 Å². The standard InChI is InChI=1S/C12H17N3O3/c1-9-6-12(14-7-11(9)15(16)17)13-4-2-10-3-5-18-8-10/h6-7,10H,2-5,8H2,1H3,(H,13,14). The summed E-state index contributed by atoms with van der Waals surface area (Å²) in [5.74, 6) is 1.31. The quantitative estimate of drug-likeness (QED) is 0.640. The second-order valence-electron chi connectivity index (χ2n) is 4.56. The Bertz CT molecular complexity index is 431. The predicted molar refractivity (Wildman–Crippen MR) is 67.7 cm³/mol. The van der Waals surface area contributed by atoms with Crippen molar-refractivity contribution < 1.29 is 9.66 Å². The van der Waals surface area contributed by atoms with Crippen LogP contribution < -0.4 is 5.32 Å². The highest BCUT2D eigenvalue weighted by Crippen LogP contribution is 2.20. The maximum Gasteiger partial charge on any atom is 0.290 e. The summed E-state index contributed by atoms with van der Waals surface area (Å²) in [6.07, 6.45) is 3.46. The van der Waals surface area contributed by atoms with E-state index in [-0.39, 0.29) is 5.69 Å². The van der Waals surface area contributed by atoms with E-state index in [0.717, 1.165) is 32.6 Å². The molecule has 1 aliphatic heterocycles. The normalized spacial score (nSPS) is 18.8. The molecule has 1 aromatic rings. The number of nitrogens with zero attached hydrogens (tertiary/aromatic N) is 2. The lowest BCUT2D eigenvalue weighted by molar-refractivity contribution is -0.385. The van der Waals surface area contributed by atoms with E-state index in [2.05, 4.69) is 10.3 Å². The lowest BCUT2D eigenvalue weighted by Gasteiger charge is -2.09. The van der Waals surface area contributed by atoms with E-state index in [1.54, 1.807) is 13.0 Å². The maximum atomic E-state index is 10.7. The van der Waals surface area contributed by atoms with Crippen LogP contribution in [0.25, 0.3) is 0 Å². The lowest BCUT2D eigenvalue weighted by Crippen LogP contribution is -2.10. The number of pyridine rings is 1. The van der Waals surface area contributed by atoms with Gasteiger partial charge in [-0.2, -0.15) is 0 Å². The minimum Gasteiger partial charge on any atom is -0.381 e. The zero-order chi connectivity index (χ0) is 13.0. The largest absolute Gasteiger partial charge is 0.381 e. The van der Waals surface area contributed by atoms with Gasteiger partial charge in [0.15, 0.2) is 0 Å². The number of nitro groups is 1. The summed E-state index contributed by atoms with van der Waals surface area (Å²) in [6, 6.07) is 1.71. The summed E-state index contributed by atoms with van der Waals surface area (Å²) < 4.78 is 5.30. The molecule has 0 radical (unpaired) electrons. The third kappa shape index (κ3) is 3.16. The number of ether oxygens (including phenoxy) is 1. The first-order chi connectivity index (χ1) is 8.66. The summed E-state index contributed by atoms with van der Waals surface area (Å²) >= 11 is 0. The van der Waals surface area contributed by atoms with Crippen LogP contribution in [0.1, 0.15) is 18.4 Å². The summed E-state index contributed by atoms with van der Waals surface area (Å²) in [7, 11) is 0. The zero-order valence-electron chi connectivity index (χ0n) is 10.4. The van der Waals surface area contributed by atoms with Gasteiger partial charge in [-0.25, -0.2) is 4.98 Å². The van der Waals surface area contributed by atoms with Gasteiger partial charge in [-0.15, -0.1) is 0 Å². The van der Waals surface area contributed by atoms with Gasteiger partial charge in [0.2, 0.25) is 0 Å². The van der Waals surface area contributed by atoms with Crippen LogP contribution in [0.5, 0.6) is 0 Å². The molecule has 1 aromatic heterocycles. The maximum absolute atomic E-state index is 10.7. The molecular weight excluding hydrogens is 234 g/mol. The molecule has 1 aliphatic rings. The third-order valence-corrected chi connectivity index (χ3v) is 3.16. The lowest BCUT2D eigenvalue weighted by atomic mass is 10.1. The smallest absolute Gasteiger partial charge is 0.290 e. The second kappa shape index (κ2) is 5.77. The Kier molecular flexibility index (Phi) is 4.09. The molecule has 0 aromatic carbocycles. The van der Waals surface area contributed by atoms with Gasteiger partial charge < -0.3 is 10.1 Å². The first-order valence-electron chi connectivity index (χ1n) is 6.09. The van der Waals surface area contributed by atoms with Crippen LogP contribution in [-0.2, 0) is 4.74 Å². The van der Waals surface area contributed by atoms with E-state index < -0.39 is 4.92 Å². The molecule has 6 heteroatoms. The van der Waals surface area contributed by atoms with Crippen molar-refractivity contribution in [2.45, 2.75) is 19.8 Å². The molecule has 6 nitrogen and oxygen atoms in total. The van der Waals surface area contributed by atoms with Crippen molar-refractivity contribution in [3.8, 4) is 0 Å². The first-order valence-corrected chi connectivity index (χ1v) is 6.09. The van der Waals surface area contributed by atoms with E-state index in [4.69, 9.17) is 4.74 Å². The summed E-state index contributed by atoms with van der Waals surface area (Å²) in [5, 5.41) is 13.8. The van der Waals surface area contributed by atoms with Gasteiger partial charge in [-0.05, 0) is 31.7 Å². The van der Waals surface area contributed by atoms with Crippen molar-refractivity contribution in [1.82, 2.24) is 4.98 Å². The monoisotopic (exact) mass is 251 g/mol. The van der Waals surface area contributed by atoms with Crippen molar-refractivity contribution >= 4 is 11.5 Å². The van der Waals surface area contributed by atoms with Gasteiger partial charge in [0.1, 0.15) is 12.0 Å². The molecule has 0 spiro atoms. The molecule has 0 amide bonds. The Morgan fingerprint density at radius 3 is 3.11 bits per heavy atom. The van der Waals surface area contributed by atoms with Crippen LogP contribution >= 0.6 is 0 Å². The fourth-order valence-corrected chi connectivity index (χ4v) is 2.05. The fraction of sp³-hybridized carbons (Fsp3) is 0.583. The van der Waals surface area contributed by atoms with E-state index in [9.17, 15) is 10.1 Å². The van der Waals surface area contributed by atoms with E-state index >= 15 is 0 Å². The van der Waals surface area contributed by atoms with E-state index in [1.807, 2.05) is 0 Å². The van der Waals surface area contributed by atoms with Crippen molar-refractivity contribution in [2.75, 3.05) is 25.1 Å². The molecule has 0 bridgehead atoms. The highest BCUT2D eigenvalue weighted by molar-refractivity contribution is 5.46. The summed E-state index contributed by atoms with van der Waals surface area (Å²) in [4.78, 5) is 14.3. The van der Waals surface area contributed by atoms with Crippen LogP contribution in [-0.4, -0.2) is 29.7 Å². The van der Waals surface area contributed by atoms with Crippen LogP contribution in [0, 0.1) is 23.0 Å². The molecule has 1 fully saturated rings. The Hall–Kier alpha value is -1.69. The molecule has 1 saturated heterocycles. The van der Waals surface area contributed by atoms with Crippen LogP contribution in [0.3, 0.4) is 0 Å². The Morgan fingerprint density at radius 2 is 2.50 bits per heavy atom. The van der Waals surface area contributed by atoms with Gasteiger partial charge in [0, 0.05) is 25.3 Å². The van der Waals surface area contributed by atoms with Crippen molar-refractivity contribution in [3.05, 3.63) is 27.9 Å². The number of anilines is 1. The minimum absolute atomic E-state index is 0.0599. The second-order valence-corrected chi connectivity index (χ2v) is 4.56. The number of hydrogen-bond acceptors (Lipinski definition) is 5. The Morgan fingerprint density at radius 1 is 1.67 bits per heavy atom. The zero-order valence-corrected chi connectivity index (χ0v) is 10.4. The van der Waals surface area contributed by atoms with E-state index in [0.29, 0.717) is 17.3 Å². The molecule has 0 aliphatic carbocycles. The Balaban J connectivity index is 1.85. The molecule has 2 heterocycles. The molecule has 1 unspecified atom stereocenters. The number of rotatable bonds is 5. The molecule has 18 heavy (non-hydrogen) atoms. The highest BCUT2D eigenvalue weighted by atomic mass is 16.6. The summed E-state index contributed by atoms with van der Waals surface area (Å²) in [5.41, 5.74) is 0.687. The fourth-order valence-electron chi connectivity index (χ4n) is 2.05. The van der Waals surface area contributed by atoms with E-state index in [1.165, 1.54) is 6.20 Å². The molecule has 1 N–H and O–H groups in total.